The van der Waals surface area contributed by atoms with Crippen LogP contribution < -0.4 is 29.1 Å². The number of hydrogen-bond acceptors (Lipinski definition) is 8. The number of ether oxygens (including phenoxy) is 5. The van der Waals surface area contributed by atoms with Gasteiger partial charge in [0.2, 0.25) is 6.79 Å². The first-order valence-electron chi connectivity index (χ1n) is 9.84. The molecular weight excluding hydrogens is 428 g/mol. The van der Waals surface area contributed by atoms with Gasteiger partial charge in [-0.15, -0.1) is 0 Å². The number of hydrazone groups is 1. The fourth-order valence-electron chi connectivity index (χ4n) is 3.00. The van der Waals surface area contributed by atoms with E-state index in [1.807, 2.05) is 0 Å². The minimum atomic E-state index is -0.534. The van der Waals surface area contributed by atoms with Gasteiger partial charge in [0.25, 0.3) is 5.91 Å². The van der Waals surface area contributed by atoms with Gasteiger partial charge in [-0.3, -0.25) is 4.79 Å². The van der Waals surface area contributed by atoms with Crippen LogP contribution in [0.25, 0.3) is 0 Å². The van der Waals surface area contributed by atoms with E-state index in [2.05, 4.69) is 10.5 Å². The molecule has 0 fully saturated rings. The maximum atomic E-state index is 12.4. The van der Waals surface area contributed by atoms with Crippen molar-refractivity contribution in [3.05, 3.63) is 77.4 Å². The normalized spacial score (nSPS) is 11.8. The molecule has 33 heavy (non-hydrogen) atoms. The van der Waals surface area contributed by atoms with E-state index in [9.17, 15) is 9.59 Å². The van der Waals surface area contributed by atoms with E-state index in [1.165, 1.54) is 13.3 Å². The quantitative estimate of drug-likeness (QED) is 0.256. The number of carbonyl (C=O) groups excluding carboxylic acids is 2. The Balaban J connectivity index is 1.40. The van der Waals surface area contributed by atoms with Gasteiger partial charge in [-0.2, -0.15) is 5.10 Å². The average Bonchev–Trinajstić information content (AvgIpc) is 3.32. The molecular formula is C24H20N2O7. The Kier molecular flexibility index (Phi) is 6.40. The van der Waals surface area contributed by atoms with Crippen LogP contribution in [0.4, 0.5) is 0 Å². The monoisotopic (exact) mass is 448 g/mol. The van der Waals surface area contributed by atoms with Gasteiger partial charge in [0.05, 0.1) is 26.0 Å². The number of benzene rings is 3. The number of nitrogens with zero attached hydrogens (tertiary/aromatic N) is 1. The van der Waals surface area contributed by atoms with Gasteiger partial charge in [0, 0.05) is 5.56 Å². The molecule has 0 aliphatic carbocycles. The molecule has 0 spiro atoms. The lowest BCUT2D eigenvalue weighted by Gasteiger charge is -2.10. The summed E-state index contributed by atoms with van der Waals surface area (Å²) in [4.78, 5) is 24.7. The van der Waals surface area contributed by atoms with E-state index in [0.29, 0.717) is 39.7 Å². The molecule has 0 saturated heterocycles. The highest BCUT2D eigenvalue weighted by Gasteiger charge is 2.16. The van der Waals surface area contributed by atoms with E-state index in [0.717, 1.165) is 0 Å². The molecule has 1 N–H and O–H groups in total. The maximum absolute atomic E-state index is 12.4. The molecule has 168 valence electrons. The van der Waals surface area contributed by atoms with Gasteiger partial charge in [0.15, 0.2) is 23.0 Å². The van der Waals surface area contributed by atoms with Crippen LogP contribution in [0.15, 0.2) is 65.8 Å². The Hall–Kier alpha value is -4.53. The van der Waals surface area contributed by atoms with Crippen LogP contribution in [0.5, 0.6) is 28.7 Å². The third-order valence-corrected chi connectivity index (χ3v) is 4.73. The van der Waals surface area contributed by atoms with Crippen LogP contribution in [0.3, 0.4) is 0 Å². The van der Waals surface area contributed by atoms with Crippen molar-refractivity contribution in [2.45, 2.75) is 0 Å². The smallest absolute Gasteiger partial charge is 0.343 e. The van der Waals surface area contributed by atoms with Crippen LogP contribution in [0.2, 0.25) is 0 Å². The fourth-order valence-corrected chi connectivity index (χ4v) is 3.00. The summed E-state index contributed by atoms with van der Waals surface area (Å²) < 4.78 is 26.4. The molecule has 9 nitrogen and oxygen atoms in total. The number of esters is 1. The van der Waals surface area contributed by atoms with Gasteiger partial charge >= 0.3 is 5.97 Å². The molecule has 1 heterocycles. The summed E-state index contributed by atoms with van der Waals surface area (Å²) in [6, 6.07) is 16.3. The van der Waals surface area contributed by atoms with Crippen LogP contribution in [-0.2, 0) is 0 Å². The van der Waals surface area contributed by atoms with Gasteiger partial charge < -0.3 is 23.7 Å². The van der Waals surface area contributed by atoms with E-state index in [-0.39, 0.29) is 12.5 Å². The lowest BCUT2D eigenvalue weighted by Crippen LogP contribution is -2.17. The second kappa shape index (κ2) is 9.73. The van der Waals surface area contributed by atoms with E-state index in [1.54, 1.807) is 67.8 Å². The zero-order chi connectivity index (χ0) is 23.2. The Bertz CT molecular complexity index is 1210. The Morgan fingerprint density at radius 1 is 0.879 bits per heavy atom. The summed E-state index contributed by atoms with van der Waals surface area (Å²) in [5.41, 5.74) is 3.83. The molecule has 0 radical (unpaired) electrons. The molecule has 3 aromatic rings. The highest BCUT2D eigenvalue weighted by Crippen LogP contribution is 2.32. The standard InChI is InChI=1S/C24H20N2O7/c1-29-18-7-4-16(5-8-18)24(28)33-20-9-3-15(11-21(20)30-2)13-25-26-23(27)17-6-10-19-22(12-17)32-14-31-19/h3-13H,14H2,1-2H3,(H,26,27)/b25-13-. The molecule has 0 aromatic heterocycles. The number of carbonyl (C=O) groups is 2. The number of methoxy groups -OCH3 is 2. The topological polar surface area (TPSA) is 105 Å². The first-order chi connectivity index (χ1) is 16.1. The van der Waals surface area contributed by atoms with Crippen molar-refractivity contribution >= 4 is 18.1 Å². The number of amides is 1. The van der Waals surface area contributed by atoms with Gasteiger partial charge in [-0.25, -0.2) is 10.2 Å². The summed E-state index contributed by atoms with van der Waals surface area (Å²) in [6.45, 7) is 0.131. The van der Waals surface area contributed by atoms with Crippen LogP contribution in [0, 0.1) is 0 Å². The van der Waals surface area contributed by atoms with Crippen LogP contribution in [-0.4, -0.2) is 39.1 Å². The molecule has 0 bridgehead atoms. The van der Waals surface area contributed by atoms with Gasteiger partial charge in [0.1, 0.15) is 5.75 Å². The lowest BCUT2D eigenvalue weighted by molar-refractivity contribution is 0.0729. The van der Waals surface area contributed by atoms with Crippen molar-refractivity contribution < 1.29 is 33.3 Å². The van der Waals surface area contributed by atoms with E-state index in [4.69, 9.17) is 23.7 Å². The number of fused-ring (bicyclic) bond motifs is 1. The number of nitrogens with one attached hydrogen (secondary N) is 1. The van der Waals surface area contributed by atoms with Gasteiger partial charge in [-0.1, -0.05) is 0 Å². The number of hydrogen-bond donors (Lipinski definition) is 1. The summed E-state index contributed by atoms with van der Waals surface area (Å²) in [7, 11) is 3.01. The van der Waals surface area contributed by atoms with Crippen molar-refractivity contribution in [2.24, 2.45) is 5.10 Å². The molecule has 0 atom stereocenters. The highest BCUT2D eigenvalue weighted by molar-refractivity contribution is 5.95. The zero-order valence-corrected chi connectivity index (χ0v) is 17.9. The predicted molar refractivity (Wildman–Crippen MR) is 119 cm³/mol. The van der Waals surface area contributed by atoms with Crippen LogP contribution >= 0.6 is 0 Å². The summed E-state index contributed by atoms with van der Waals surface area (Å²) in [6.07, 6.45) is 1.45. The summed E-state index contributed by atoms with van der Waals surface area (Å²) in [5.74, 6) is 1.39. The molecule has 4 rings (SSSR count). The first kappa shape index (κ1) is 21.7. The zero-order valence-electron chi connectivity index (χ0n) is 17.9. The molecule has 1 aliphatic heterocycles. The molecule has 1 amide bonds. The second-order valence-corrected chi connectivity index (χ2v) is 6.80. The SMILES string of the molecule is COc1ccc(C(=O)Oc2ccc(/C=N\NC(=O)c3ccc4c(c3)OCO4)cc2OC)cc1. The van der Waals surface area contributed by atoms with Crippen molar-refractivity contribution in [2.75, 3.05) is 21.0 Å². The Labute approximate surface area is 189 Å². The summed E-state index contributed by atoms with van der Waals surface area (Å²) >= 11 is 0. The van der Waals surface area contributed by atoms with Gasteiger partial charge in [-0.05, 0) is 66.2 Å². The number of rotatable bonds is 7. The fraction of sp³-hybridized carbons (Fsp3) is 0.125. The van der Waals surface area contributed by atoms with Crippen molar-refractivity contribution in [3.8, 4) is 28.7 Å². The molecule has 9 heteroatoms. The van der Waals surface area contributed by atoms with E-state index < -0.39 is 11.9 Å². The maximum Gasteiger partial charge on any atom is 0.343 e. The minimum absolute atomic E-state index is 0.131. The lowest BCUT2D eigenvalue weighted by atomic mass is 10.2. The molecule has 1 aliphatic rings. The van der Waals surface area contributed by atoms with E-state index >= 15 is 0 Å². The van der Waals surface area contributed by atoms with Crippen molar-refractivity contribution in [1.29, 1.82) is 0 Å². The first-order valence-corrected chi connectivity index (χ1v) is 9.84. The average molecular weight is 448 g/mol. The summed E-state index contributed by atoms with van der Waals surface area (Å²) in [5, 5.41) is 3.97. The third-order valence-electron chi connectivity index (χ3n) is 4.73. The molecule has 3 aromatic carbocycles. The van der Waals surface area contributed by atoms with Crippen LogP contribution in [0.1, 0.15) is 26.3 Å². The molecule has 0 unspecified atom stereocenters. The Morgan fingerprint density at radius 2 is 1.64 bits per heavy atom. The van der Waals surface area contributed by atoms with Crippen molar-refractivity contribution in [3.63, 3.8) is 0 Å². The Morgan fingerprint density at radius 3 is 2.39 bits per heavy atom. The van der Waals surface area contributed by atoms with Crippen molar-refractivity contribution in [1.82, 2.24) is 5.43 Å². The third kappa shape index (κ3) is 5.04. The predicted octanol–water partition coefficient (Wildman–Crippen LogP) is 3.42. The minimum Gasteiger partial charge on any atom is -0.497 e. The molecule has 0 saturated carbocycles. The second-order valence-electron chi connectivity index (χ2n) is 6.80. The largest absolute Gasteiger partial charge is 0.497 e. The highest BCUT2D eigenvalue weighted by atomic mass is 16.7.